The van der Waals surface area contributed by atoms with Crippen LogP contribution >= 0.6 is 11.6 Å². The van der Waals surface area contributed by atoms with Crippen LogP contribution in [0.5, 0.6) is 0 Å². The monoisotopic (exact) mass is 338 g/mol. The maximum absolute atomic E-state index is 6.00. The van der Waals surface area contributed by atoms with Crippen LogP contribution in [0.2, 0.25) is 5.02 Å². The molecule has 0 spiro atoms. The first-order valence-corrected chi connectivity index (χ1v) is 8.22. The van der Waals surface area contributed by atoms with Crippen molar-refractivity contribution in [2.24, 2.45) is 0 Å². The smallest absolute Gasteiger partial charge is 0.229 e. The molecule has 3 rings (SSSR count). The van der Waals surface area contributed by atoms with Crippen molar-refractivity contribution in [2.75, 3.05) is 17.2 Å². The zero-order valence-corrected chi connectivity index (χ0v) is 14.2. The first kappa shape index (κ1) is 16.3. The largest absolute Gasteiger partial charge is 0.370 e. The van der Waals surface area contributed by atoms with Gasteiger partial charge in [0, 0.05) is 23.5 Å². The minimum Gasteiger partial charge on any atom is -0.370 e. The fraction of sp³-hybridized carbons (Fsp3) is 0.158. The number of hydrogen-bond donors (Lipinski definition) is 2. The number of nitrogens with one attached hydrogen (secondary N) is 2. The third-order valence-corrected chi connectivity index (χ3v) is 3.89. The summed E-state index contributed by atoms with van der Waals surface area (Å²) in [5, 5.41) is 7.33. The Bertz CT molecular complexity index is 820. The van der Waals surface area contributed by atoms with Crippen LogP contribution in [0.4, 0.5) is 17.5 Å². The van der Waals surface area contributed by atoms with E-state index in [4.69, 9.17) is 11.6 Å². The van der Waals surface area contributed by atoms with Gasteiger partial charge in [0.05, 0.1) is 0 Å². The summed E-state index contributed by atoms with van der Waals surface area (Å²) in [5.74, 6) is 1.38. The topological polar surface area (TPSA) is 49.8 Å². The predicted octanol–water partition coefficient (Wildman–Crippen LogP) is 4.84. The molecule has 0 atom stereocenters. The van der Waals surface area contributed by atoms with Crippen molar-refractivity contribution in [3.05, 3.63) is 76.9 Å². The van der Waals surface area contributed by atoms with Crippen LogP contribution in [0.15, 0.2) is 60.8 Å². The number of aromatic nitrogens is 2. The van der Waals surface area contributed by atoms with E-state index >= 15 is 0 Å². The van der Waals surface area contributed by atoms with Crippen molar-refractivity contribution in [1.29, 1.82) is 0 Å². The summed E-state index contributed by atoms with van der Waals surface area (Å²) in [6.07, 6.45) is 2.63. The first-order chi connectivity index (χ1) is 11.7. The third kappa shape index (κ3) is 4.46. The average Bonchev–Trinajstić information content (AvgIpc) is 2.58. The van der Waals surface area contributed by atoms with Gasteiger partial charge in [-0.25, -0.2) is 4.98 Å². The van der Waals surface area contributed by atoms with Gasteiger partial charge in [-0.05, 0) is 48.7 Å². The molecule has 0 amide bonds. The standard InChI is InChI=1S/C19H19ClN4/c1-14-5-2-3-8-17(14)23-19-22-12-10-18(24-19)21-11-9-15-6-4-7-16(20)13-15/h2-8,10,12-13H,9,11H2,1H3,(H2,21,22,23,24). The van der Waals surface area contributed by atoms with Gasteiger partial charge in [0.1, 0.15) is 5.82 Å². The number of rotatable bonds is 6. The van der Waals surface area contributed by atoms with Crippen molar-refractivity contribution >= 4 is 29.1 Å². The van der Waals surface area contributed by atoms with Gasteiger partial charge in [-0.3, -0.25) is 0 Å². The molecule has 0 unspecified atom stereocenters. The van der Waals surface area contributed by atoms with Crippen molar-refractivity contribution in [2.45, 2.75) is 13.3 Å². The van der Waals surface area contributed by atoms with Gasteiger partial charge < -0.3 is 10.6 Å². The van der Waals surface area contributed by atoms with Crippen LogP contribution in [0.3, 0.4) is 0 Å². The number of benzene rings is 2. The van der Waals surface area contributed by atoms with Gasteiger partial charge in [-0.2, -0.15) is 4.98 Å². The van der Waals surface area contributed by atoms with E-state index in [9.17, 15) is 0 Å². The molecule has 0 saturated carbocycles. The second-order valence-electron chi connectivity index (χ2n) is 5.51. The van der Waals surface area contributed by atoms with Gasteiger partial charge in [0.2, 0.25) is 5.95 Å². The highest BCUT2D eigenvalue weighted by Crippen LogP contribution is 2.18. The Balaban J connectivity index is 1.60. The van der Waals surface area contributed by atoms with Crippen molar-refractivity contribution < 1.29 is 0 Å². The molecule has 122 valence electrons. The second-order valence-corrected chi connectivity index (χ2v) is 5.95. The number of halogens is 1. The fourth-order valence-corrected chi connectivity index (χ4v) is 2.59. The van der Waals surface area contributed by atoms with E-state index < -0.39 is 0 Å². The average molecular weight is 339 g/mol. The number of aryl methyl sites for hydroxylation is 1. The molecule has 4 nitrogen and oxygen atoms in total. The first-order valence-electron chi connectivity index (χ1n) is 7.85. The molecule has 0 radical (unpaired) electrons. The van der Waals surface area contributed by atoms with Crippen LogP contribution in [0.1, 0.15) is 11.1 Å². The maximum Gasteiger partial charge on any atom is 0.229 e. The zero-order valence-electron chi connectivity index (χ0n) is 13.5. The molecule has 3 aromatic rings. The summed E-state index contributed by atoms with van der Waals surface area (Å²) in [5.41, 5.74) is 3.36. The van der Waals surface area contributed by atoms with Crippen LogP contribution in [0, 0.1) is 6.92 Å². The van der Waals surface area contributed by atoms with E-state index in [1.165, 1.54) is 5.56 Å². The van der Waals surface area contributed by atoms with E-state index in [0.29, 0.717) is 5.95 Å². The lowest BCUT2D eigenvalue weighted by Gasteiger charge is -2.10. The van der Waals surface area contributed by atoms with E-state index in [1.54, 1.807) is 6.20 Å². The van der Waals surface area contributed by atoms with Crippen LogP contribution in [-0.2, 0) is 6.42 Å². The molecule has 1 heterocycles. The van der Waals surface area contributed by atoms with Crippen LogP contribution in [0.25, 0.3) is 0 Å². The van der Waals surface area contributed by atoms with E-state index in [1.807, 2.05) is 42.5 Å². The summed E-state index contributed by atoms with van der Waals surface area (Å²) in [6, 6.07) is 17.8. The minimum absolute atomic E-state index is 0.581. The summed E-state index contributed by atoms with van der Waals surface area (Å²) in [7, 11) is 0. The highest BCUT2D eigenvalue weighted by Gasteiger charge is 2.02. The molecule has 0 aliphatic rings. The Morgan fingerprint density at radius 2 is 1.92 bits per heavy atom. The molecule has 2 aromatic carbocycles. The molecule has 0 aliphatic carbocycles. The van der Waals surface area contributed by atoms with Crippen molar-refractivity contribution in [1.82, 2.24) is 9.97 Å². The molecule has 0 fully saturated rings. The third-order valence-electron chi connectivity index (χ3n) is 3.66. The number of nitrogens with zero attached hydrogens (tertiary/aromatic N) is 2. The van der Waals surface area contributed by atoms with Gasteiger partial charge in [0.25, 0.3) is 0 Å². The second kappa shape index (κ2) is 7.79. The highest BCUT2D eigenvalue weighted by molar-refractivity contribution is 6.30. The molecule has 0 aliphatic heterocycles. The van der Waals surface area contributed by atoms with Crippen molar-refractivity contribution in [3.63, 3.8) is 0 Å². The highest BCUT2D eigenvalue weighted by atomic mass is 35.5. The summed E-state index contributed by atoms with van der Waals surface area (Å²) in [4.78, 5) is 8.77. The van der Waals surface area contributed by atoms with Crippen molar-refractivity contribution in [3.8, 4) is 0 Å². The van der Waals surface area contributed by atoms with Crippen LogP contribution < -0.4 is 10.6 Å². The summed E-state index contributed by atoms with van der Waals surface area (Å²) in [6.45, 7) is 2.83. The maximum atomic E-state index is 6.00. The zero-order chi connectivity index (χ0) is 16.8. The van der Waals surface area contributed by atoms with Gasteiger partial charge >= 0.3 is 0 Å². The Morgan fingerprint density at radius 1 is 1.04 bits per heavy atom. The lowest BCUT2D eigenvalue weighted by molar-refractivity contribution is 1.00. The Kier molecular flexibility index (Phi) is 5.29. The number of anilines is 3. The lowest BCUT2D eigenvalue weighted by Crippen LogP contribution is -2.08. The summed E-state index contributed by atoms with van der Waals surface area (Å²) >= 11 is 6.00. The molecule has 0 bridgehead atoms. The molecule has 24 heavy (non-hydrogen) atoms. The fourth-order valence-electron chi connectivity index (χ4n) is 2.38. The molecular formula is C19H19ClN4. The SMILES string of the molecule is Cc1ccccc1Nc1nccc(NCCc2cccc(Cl)c2)n1. The Labute approximate surface area is 146 Å². The number of para-hydroxylation sites is 1. The van der Waals surface area contributed by atoms with E-state index in [-0.39, 0.29) is 0 Å². The van der Waals surface area contributed by atoms with Gasteiger partial charge in [-0.1, -0.05) is 41.9 Å². The molecular weight excluding hydrogens is 320 g/mol. The van der Waals surface area contributed by atoms with Gasteiger partial charge in [-0.15, -0.1) is 0 Å². The molecule has 1 aromatic heterocycles. The van der Waals surface area contributed by atoms with Crippen LogP contribution in [-0.4, -0.2) is 16.5 Å². The molecule has 5 heteroatoms. The van der Waals surface area contributed by atoms with E-state index in [2.05, 4.69) is 39.7 Å². The normalized spacial score (nSPS) is 10.4. The Hall–Kier alpha value is -2.59. The number of hydrogen-bond acceptors (Lipinski definition) is 4. The van der Waals surface area contributed by atoms with Gasteiger partial charge in [0.15, 0.2) is 0 Å². The Morgan fingerprint density at radius 3 is 2.75 bits per heavy atom. The summed E-state index contributed by atoms with van der Waals surface area (Å²) < 4.78 is 0. The molecule has 0 saturated heterocycles. The molecule has 2 N–H and O–H groups in total. The van der Waals surface area contributed by atoms with E-state index in [0.717, 1.165) is 35.1 Å². The minimum atomic E-state index is 0.581. The predicted molar refractivity (Wildman–Crippen MR) is 100 cm³/mol. The lowest BCUT2D eigenvalue weighted by atomic mass is 10.1. The quantitative estimate of drug-likeness (QED) is 0.675.